The van der Waals surface area contributed by atoms with Crippen molar-refractivity contribution in [3.8, 4) is 28.4 Å². The van der Waals surface area contributed by atoms with Crippen LogP contribution in [0.5, 0.6) is 17.2 Å². The Morgan fingerprint density at radius 1 is 0.848 bits per heavy atom. The quantitative estimate of drug-likeness (QED) is 0.252. The number of carbonyl (C=O) groups is 1. The molecule has 0 bridgehead atoms. The van der Waals surface area contributed by atoms with E-state index in [1.165, 1.54) is 18.2 Å². The average molecular weight is 437 g/mol. The fourth-order valence-electron chi connectivity index (χ4n) is 3.48. The molecule has 1 N–H and O–H groups in total. The normalized spacial score (nSPS) is 10.8. The number of aromatic hydroxyl groups is 1. The van der Waals surface area contributed by atoms with Crippen molar-refractivity contribution >= 4 is 11.9 Å². The zero-order chi connectivity index (χ0) is 23.0. The predicted molar refractivity (Wildman–Crippen MR) is 131 cm³/mol. The summed E-state index contributed by atoms with van der Waals surface area (Å²) in [6.45, 7) is 0.329. The summed E-state index contributed by atoms with van der Waals surface area (Å²) < 4.78 is 11.5. The summed E-state index contributed by atoms with van der Waals surface area (Å²) in [6.07, 6.45) is 3.23. The van der Waals surface area contributed by atoms with Crippen LogP contribution in [0.2, 0.25) is 0 Å². The van der Waals surface area contributed by atoms with Crippen LogP contribution in [0.3, 0.4) is 0 Å². The Hall–Kier alpha value is -4.31. The van der Waals surface area contributed by atoms with Gasteiger partial charge in [-0.2, -0.15) is 0 Å². The minimum Gasteiger partial charge on any atom is -0.508 e. The molecule has 0 radical (unpaired) electrons. The number of rotatable bonds is 8. The lowest BCUT2D eigenvalue weighted by Crippen LogP contribution is -1.99. The van der Waals surface area contributed by atoms with Gasteiger partial charge in [-0.05, 0) is 59.2 Å². The second kappa shape index (κ2) is 10.3. The summed E-state index contributed by atoms with van der Waals surface area (Å²) in [5.41, 5.74) is 4.44. The van der Waals surface area contributed by atoms with Crippen molar-refractivity contribution in [3.05, 3.63) is 120 Å². The summed E-state index contributed by atoms with van der Waals surface area (Å²) in [6, 6.07) is 30.1. The van der Waals surface area contributed by atoms with Gasteiger partial charge in [-0.3, -0.25) is 4.79 Å². The third kappa shape index (κ3) is 5.69. The molecule has 4 aromatic carbocycles. The molecule has 0 amide bonds. The Morgan fingerprint density at radius 2 is 1.61 bits per heavy atom. The van der Waals surface area contributed by atoms with Crippen LogP contribution >= 0.6 is 0 Å². The first kappa shape index (κ1) is 21.9. The molecular formula is C29H24O4. The van der Waals surface area contributed by atoms with Gasteiger partial charge in [0.1, 0.15) is 23.9 Å². The van der Waals surface area contributed by atoms with Crippen LogP contribution in [0.4, 0.5) is 0 Å². The first-order valence-corrected chi connectivity index (χ1v) is 10.6. The first-order valence-electron chi connectivity index (χ1n) is 10.6. The van der Waals surface area contributed by atoms with E-state index in [4.69, 9.17) is 9.47 Å². The molecule has 0 unspecified atom stereocenters. The van der Waals surface area contributed by atoms with E-state index in [1.807, 2.05) is 60.7 Å². The maximum absolute atomic E-state index is 12.4. The van der Waals surface area contributed by atoms with E-state index in [9.17, 15) is 9.90 Å². The lowest BCUT2D eigenvalue weighted by Gasteiger charge is -2.12. The Kier molecular flexibility index (Phi) is 6.86. The van der Waals surface area contributed by atoms with E-state index in [1.54, 1.807) is 25.3 Å². The van der Waals surface area contributed by atoms with Gasteiger partial charge < -0.3 is 14.6 Å². The van der Waals surface area contributed by atoms with Crippen molar-refractivity contribution in [3.63, 3.8) is 0 Å². The second-order valence-corrected chi connectivity index (χ2v) is 7.50. The summed E-state index contributed by atoms with van der Waals surface area (Å²) in [5.74, 6) is 1.36. The number of ketones is 1. The van der Waals surface area contributed by atoms with Gasteiger partial charge in [-0.15, -0.1) is 0 Å². The summed E-state index contributed by atoms with van der Waals surface area (Å²) in [4.78, 5) is 12.4. The number of hydrogen-bond donors (Lipinski definition) is 1. The highest BCUT2D eigenvalue weighted by atomic mass is 16.5. The third-order valence-electron chi connectivity index (χ3n) is 5.22. The Bertz CT molecular complexity index is 1260. The predicted octanol–water partition coefficient (Wildman–Crippen LogP) is 6.54. The van der Waals surface area contributed by atoms with E-state index >= 15 is 0 Å². The zero-order valence-corrected chi connectivity index (χ0v) is 18.3. The molecule has 0 fully saturated rings. The molecule has 0 atom stereocenters. The Morgan fingerprint density at radius 3 is 2.33 bits per heavy atom. The van der Waals surface area contributed by atoms with Crippen molar-refractivity contribution in [2.75, 3.05) is 7.11 Å². The van der Waals surface area contributed by atoms with Gasteiger partial charge in [0.05, 0.1) is 7.11 Å². The second-order valence-electron chi connectivity index (χ2n) is 7.50. The van der Waals surface area contributed by atoms with Crippen LogP contribution in [0.15, 0.2) is 103 Å². The van der Waals surface area contributed by atoms with Gasteiger partial charge in [0.2, 0.25) is 0 Å². The van der Waals surface area contributed by atoms with E-state index in [0.717, 1.165) is 28.0 Å². The smallest absolute Gasteiger partial charge is 0.185 e. The molecule has 0 saturated heterocycles. The molecule has 4 rings (SSSR count). The van der Waals surface area contributed by atoms with Gasteiger partial charge >= 0.3 is 0 Å². The number of phenolic OH excluding ortho intramolecular Hbond substituents is 1. The standard InChI is InChI=1S/C29H24O4/c1-32-29-17-11-21(10-16-28(31)24-8-5-9-26(30)19-24)18-25(29)20-33-27-14-12-23(13-15-27)22-6-3-2-4-7-22/h2-19,30H,20H2,1H3/b16-10+. The maximum atomic E-state index is 12.4. The molecule has 0 heterocycles. The van der Waals surface area contributed by atoms with Gasteiger partial charge in [0.25, 0.3) is 0 Å². The van der Waals surface area contributed by atoms with E-state index in [0.29, 0.717) is 17.9 Å². The molecule has 0 saturated carbocycles. The fourth-order valence-corrected chi connectivity index (χ4v) is 3.48. The Labute approximate surface area is 193 Å². The van der Waals surface area contributed by atoms with Crippen LogP contribution in [0.25, 0.3) is 17.2 Å². The van der Waals surface area contributed by atoms with Crippen LogP contribution < -0.4 is 9.47 Å². The molecular weight excluding hydrogens is 412 g/mol. The molecule has 4 nitrogen and oxygen atoms in total. The largest absolute Gasteiger partial charge is 0.508 e. The number of allylic oxidation sites excluding steroid dienone is 1. The average Bonchev–Trinajstić information content (AvgIpc) is 2.87. The monoisotopic (exact) mass is 436 g/mol. The minimum atomic E-state index is -0.182. The molecule has 4 heteroatoms. The first-order chi connectivity index (χ1) is 16.1. The van der Waals surface area contributed by atoms with Crippen molar-refractivity contribution in [1.82, 2.24) is 0 Å². The van der Waals surface area contributed by atoms with Crippen LogP contribution in [0.1, 0.15) is 21.5 Å². The van der Waals surface area contributed by atoms with Crippen molar-refractivity contribution in [2.24, 2.45) is 0 Å². The van der Waals surface area contributed by atoms with E-state index < -0.39 is 0 Å². The molecule has 4 aromatic rings. The molecule has 33 heavy (non-hydrogen) atoms. The highest BCUT2D eigenvalue weighted by Gasteiger charge is 2.07. The highest BCUT2D eigenvalue weighted by molar-refractivity contribution is 6.07. The fraction of sp³-hybridized carbons (Fsp3) is 0.0690. The van der Waals surface area contributed by atoms with Crippen LogP contribution in [-0.2, 0) is 6.61 Å². The van der Waals surface area contributed by atoms with Gasteiger partial charge in [-0.25, -0.2) is 0 Å². The number of ether oxygens (including phenoxy) is 2. The number of methoxy groups -OCH3 is 1. The van der Waals surface area contributed by atoms with Gasteiger partial charge in [0.15, 0.2) is 5.78 Å². The van der Waals surface area contributed by atoms with E-state index in [-0.39, 0.29) is 11.5 Å². The van der Waals surface area contributed by atoms with Crippen molar-refractivity contribution in [2.45, 2.75) is 6.61 Å². The van der Waals surface area contributed by atoms with Crippen molar-refractivity contribution in [1.29, 1.82) is 0 Å². The minimum absolute atomic E-state index is 0.0648. The molecule has 0 aliphatic heterocycles. The summed E-state index contributed by atoms with van der Waals surface area (Å²) in [5, 5.41) is 9.56. The SMILES string of the molecule is COc1ccc(/C=C/C(=O)c2cccc(O)c2)cc1COc1ccc(-c2ccccc2)cc1. The number of carbonyl (C=O) groups excluding carboxylic acids is 1. The number of phenols is 1. The van der Waals surface area contributed by atoms with Crippen LogP contribution in [0, 0.1) is 0 Å². The van der Waals surface area contributed by atoms with Gasteiger partial charge in [0, 0.05) is 11.1 Å². The van der Waals surface area contributed by atoms with Crippen molar-refractivity contribution < 1.29 is 19.4 Å². The Balaban J connectivity index is 1.45. The van der Waals surface area contributed by atoms with Gasteiger partial charge in [-0.1, -0.05) is 66.7 Å². The molecule has 164 valence electrons. The van der Waals surface area contributed by atoms with E-state index in [2.05, 4.69) is 12.1 Å². The molecule has 0 aliphatic rings. The number of benzene rings is 4. The lowest BCUT2D eigenvalue weighted by molar-refractivity contribution is 0.104. The maximum Gasteiger partial charge on any atom is 0.185 e. The third-order valence-corrected chi connectivity index (χ3v) is 5.22. The molecule has 0 aliphatic carbocycles. The topological polar surface area (TPSA) is 55.8 Å². The molecule has 0 aromatic heterocycles. The highest BCUT2D eigenvalue weighted by Crippen LogP contribution is 2.25. The summed E-state index contributed by atoms with van der Waals surface area (Å²) >= 11 is 0. The van der Waals surface area contributed by atoms with Crippen LogP contribution in [-0.4, -0.2) is 18.0 Å². The number of hydrogen-bond acceptors (Lipinski definition) is 4. The molecule has 0 spiro atoms. The zero-order valence-electron chi connectivity index (χ0n) is 18.3. The lowest BCUT2D eigenvalue weighted by atomic mass is 10.1. The summed E-state index contributed by atoms with van der Waals surface area (Å²) in [7, 11) is 1.62.